The summed E-state index contributed by atoms with van der Waals surface area (Å²) in [5.74, 6) is -2.06. The molecule has 0 bridgehead atoms. The molecular weight excluding hydrogens is 319 g/mol. The summed E-state index contributed by atoms with van der Waals surface area (Å²) >= 11 is 5.66. The van der Waals surface area contributed by atoms with Gasteiger partial charge in [-0.3, -0.25) is 9.59 Å². The molecule has 0 spiro atoms. The zero-order valence-corrected chi connectivity index (χ0v) is 12.9. The molecule has 1 aromatic heterocycles. The van der Waals surface area contributed by atoms with Gasteiger partial charge in [0.05, 0.1) is 10.6 Å². The zero-order valence-electron chi connectivity index (χ0n) is 12.1. The van der Waals surface area contributed by atoms with Crippen LogP contribution in [-0.2, 0) is 11.8 Å². The first-order valence-corrected chi connectivity index (χ1v) is 7.20. The van der Waals surface area contributed by atoms with E-state index in [1.807, 2.05) is 12.1 Å². The van der Waals surface area contributed by atoms with Crippen molar-refractivity contribution in [2.24, 2.45) is 7.05 Å². The predicted molar refractivity (Wildman–Crippen MR) is 87.3 cm³/mol. The fourth-order valence-corrected chi connectivity index (χ4v) is 2.59. The maximum Gasteiger partial charge on any atom is 0.296 e. The fourth-order valence-electron chi connectivity index (χ4n) is 2.41. The summed E-state index contributed by atoms with van der Waals surface area (Å²) in [5, 5.41) is 3.01. The van der Waals surface area contributed by atoms with E-state index in [0.29, 0.717) is 10.9 Å². The van der Waals surface area contributed by atoms with Crippen molar-refractivity contribution in [1.29, 1.82) is 0 Å². The van der Waals surface area contributed by atoms with E-state index in [1.54, 1.807) is 29.9 Å². The van der Waals surface area contributed by atoms with Gasteiger partial charge in [0.25, 0.3) is 11.7 Å². The van der Waals surface area contributed by atoms with Crippen LogP contribution in [0.15, 0.2) is 48.7 Å². The van der Waals surface area contributed by atoms with Crippen LogP contribution in [0.4, 0.5) is 10.1 Å². The first kappa shape index (κ1) is 15.2. The maximum atomic E-state index is 13.1. The molecule has 0 aliphatic heterocycles. The highest BCUT2D eigenvalue weighted by atomic mass is 35.5. The standard InChI is InChI=1S/C17H12ClFN2O2/c1-21-9-12(11-4-2-3-5-15(11)21)16(22)17(23)20-10-6-7-14(19)13(18)8-10/h2-9H,1H3,(H,20,23). The highest BCUT2D eigenvalue weighted by molar-refractivity contribution is 6.48. The minimum atomic E-state index is -0.802. The number of nitrogens with zero attached hydrogens (tertiary/aromatic N) is 1. The van der Waals surface area contributed by atoms with E-state index in [2.05, 4.69) is 5.32 Å². The average molecular weight is 331 g/mol. The number of ketones is 1. The van der Waals surface area contributed by atoms with Crippen molar-refractivity contribution in [1.82, 2.24) is 4.57 Å². The number of carbonyl (C=O) groups is 2. The molecule has 23 heavy (non-hydrogen) atoms. The lowest BCUT2D eigenvalue weighted by Crippen LogP contribution is -2.22. The van der Waals surface area contributed by atoms with E-state index in [9.17, 15) is 14.0 Å². The minimum Gasteiger partial charge on any atom is -0.350 e. The van der Waals surface area contributed by atoms with E-state index in [4.69, 9.17) is 11.6 Å². The van der Waals surface area contributed by atoms with Crippen molar-refractivity contribution in [2.75, 3.05) is 5.32 Å². The highest BCUT2D eigenvalue weighted by Crippen LogP contribution is 2.22. The molecule has 1 N–H and O–H groups in total. The topological polar surface area (TPSA) is 51.1 Å². The molecule has 116 valence electrons. The van der Waals surface area contributed by atoms with Crippen LogP contribution in [0.2, 0.25) is 5.02 Å². The lowest BCUT2D eigenvalue weighted by molar-refractivity contribution is -0.112. The van der Waals surface area contributed by atoms with Gasteiger partial charge >= 0.3 is 0 Å². The number of para-hydroxylation sites is 1. The van der Waals surface area contributed by atoms with Gasteiger partial charge in [0.15, 0.2) is 0 Å². The number of nitrogens with one attached hydrogen (secondary N) is 1. The Morgan fingerprint density at radius 2 is 1.91 bits per heavy atom. The van der Waals surface area contributed by atoms with Gasteiger partial charge in [0, 0.05) is 29.8 Å². The van der Waals surface area contributed by atoms with Crippen LogP contribution in [0.1, 0.15) is 10.4 Å². The van der Waals surface area contributed by atoms with Crippen LogP contribution in [0, 0.1) is 5.82 Å². The van der Waals surface area contributed by atoms with Crippen LogP contribution in [0.3, 0.4) is 0 Å². The van der Waals surface area contributed by atoms with Gasteiger partial charge < -0.3 is 9.88 Å². The molecule has 6 heteroatoms. The number of Topliss-reactive ketones (excluding diaryl/α,β-unsaturated/α-hetero) is 1. The first-order valence-electron chi connectivity index (χ1n) is 6.82. The molecule has 1 heterocycles. The molecule has 0 unspecified atom stereocenters. The highest BCUT2D eigenvalue weighted by Gasteiger charge is 2.21. The molecule has 0 saturated carbocycles. The lowest BCUT2D eigenvalue weighted by atomic mass is 10.1. The van der Waals surface area contributed by atoms with Gasteiger partial charge in [0.1, 0.15) is 5.82 Å². The minimum absolute atomic E-state index is 0.125. The first-order chi connectivity index (χ1) is 11.0. The van der Waals surface area contributed by atoms with Gasteiger partial charge in [-0.25, -0.2) is 4.39 Å². The molecule has 0 aliphatic carbocycles. The van der Waals surface area contributed by atoms with Gasteiger partial charge in [-0.1, -0.05) is 29.8 Å². The van der Waals surface area contributed by atoms with Gasteiger partial charge in [-0.2, -0.15) is 0 Å². The number of hydrogen-bond acceptors (Lipinski definition) is 2. The smallest absolute Gasteiger partial charge is 0.296 e. The second-order valence-electron chi connectivity index (χ2n) is 5.08. The van der Waals surface area contributed by atoms with Gasteiger partial charge in [-0.05, 0) is 24.3 Å². The number of aromatic nitrogens is 1. The Morgan fingerprint density at radius 1 is 1.17 bits per heavy atom. The second kappa shape index (κ2) is 5.85. The third kappa shape index (κ3) is 2.83. The summed E-state index contributed by atoms with van der Waals surface area (Å²) in [5.41, 5.74) is 1.43. The Bertz CT molecular complexity index is 933. The Morgan fingerprint density at radius 3 is 2.65 bits per heavy atom. The normalized spacial score (nSPS) is 10.7. The van der Waals surface area contributed by atoms with E-state index >= 15 is 0 Å². The number of amides is 1. The molecular formula is C17H12ClFN2O2. The number of aryl methyl sites for hydroxylation is 1. The maximum absolute atomic E-state index is 13.1. The molecule has 0 atom stereocenters. The van der Waals surface area contributed by atoms with Gasteiger partial charge in [0.2, 0.25) is 0 Å². The summed E-state index contributed by atoms with van der Waals surface area (Å²) in [6, 6.07) is 11.0. The lowest BCUT2D eigenvalue weighted by Gasteiger charge is -2.05. The largest absolute Gasteiger partial charge is 0.350 e. The van der Waals surface area contributed by atoms with E-state index in [-0.39, 0.29) is 10.7 Å². The summed E-state index contributed by atoms with van der Waals surface area (Å²) < 4.78 is 14.9. The van der Waals surface area contributed by atoms with Crippen molar-refractivity contribution < 1.29 is 14.0 Å². The Balaban J connectivity index is 1.89. The monoisotopic (exact) mass is 330 g/mol. The third-order valence-electron chi connectivity index (χ3n) is 3.53. The number of fused-ring (bicyclic) bond motifs is 1. The van der Waals surface area contributed by atoms with Crippen molar-refractivity contribution in [3.8, 4) is 0 Å². The number of anilines is 1. The van der Waals surface area contributed by atoms with E-state index in [0.717, 1.165) is 11.6 Å². The molecule has 2 aromatic carbocycles. The van der Waals surface area contributed by atoms with Crippen LogP contribution < -0.4 is 5.32 Å². The summed E-state index contributed by atoms with van der Waals surface area (Å²) in [4.78, 5) is 24.6. The van der Waals surface area contributed by atoms with Gasteiger partial charge in [-0.15, -0.1) is 0 Å². The van der Waals surface area contributed by atoms with Crippen molar-refractivity contribution in [3.05, 3.63) is 65.1 Å². The average Bonchev–Trinajstić information content (AvgIpc) is 2.88. The fraction of sp³-hybridized carbons (Fsp3) is 0.0588. The SMILES string of the molecule is Cn1cc(C(=O)C(=O)Nc2ccc(F)c(Cl)c2)c2ccccc21. The van der Waals surface area contributed by atoms with E-state index < -0.39 is 17.5 Å². The van der Waals surface area contributed by atoms with Crippen LogP contribution in [0.5, 0.6) is 0 Å². The molecule has 0 aliphatic rings. The summed E-state index contributed by atoms with van der Waals surface area (Å²) in [6.07, 6.45) is 1.62. The quantitative estimate of drug-likeness (QED) is 0.586. The number of hydrogen-bond donors (Lipinski definition) is 1. The third-order valence-corrected chi connectivity index (χ3v) is 3.81. The van der Waals surface area contributed by atoms with Crippen LogP contribution in [-0.4, -0.2) is 16.3 Å². The molecule has 0 radical (unpaired) electrons. The van der Waals surface area contributed by atoms with Crippen LogP contribution in [0.25, 0.3) is 10.9 Å². The molecule has 0 fully saturated rings. The van der Waals surface area contributed by atoms with E-state index in [1.165, 1.54) is 12.1 Å². The molecule has 1 amide bonds. The Kier molecular flexibility index (Phi) is 3.88. The number of rotatable bonds is 3. The summed E-state index contributed by atoms with van der Waals surface area (Å²) in [7, 11) is 1.80. The van der Waals surface area contributed by atoms with Crippen molar-refractivity contribution in [2.45, 2.75) is 0 Å². The Hall–Kier alpha value is -2.66. The second-order valence-corrected chi connectivity index (χ2v) is 5.49. The molecule has 3 aromatic rings. The number of benzene rings is 2. The van der Waals surface area contributed by atoms with Crippen LogP contribution >= 0.6 is 11.6 Å². The van der Waals surface area contributed by atoms with Crippen molar-refractivity contribution >= 4 is 39.9 Å². The number of halogens is 2. The predicted octanol–water partition coefficient (Wildman–Crippen LogP) is 3.79. The number of carbonyl (C=O) groups excluding carboxylic acids is 2. The molecule has 4 nitrogen and oxygen atoms in total. The van der Waals surface area contributed by atoms with Crippen molar-refractivity contribution in [3.63, 3.8) is 0 Å². The molecule has 3 rings (SSSR count). The summed E-state index contributed by atoms with van der Waals surface area (Å²) in [6.45, 7) is 0. The Labute approximate surface area is 136 Å². The zero-order chi connectivity index (χ0) is 16.6. The molecule has 0 saturated heterocycles.